The molecule has 0 aliphatic carbocycles. The van der Waals surface area contributed by atoms with Gasteiger partial charge in [0.2, 0.25) is 0 Å². The van der Waals surface area contributed by atoms with Gasteiger partial charge in [-0.25, -0.2) is 9.79 Å². The number of carbonyl (C=O) groups excluding carboxylic acids is 1. The smallest absolute Gasteiger partial charge is 0.343 e. The summed E-state index contributed by atoms with van der Waals surface area (Å²) in [6.07, 6.45) is 8.80. The average Bonchev–Trinajstić information content (AvgIpc) is 2.29. The molecule has 0 radical (unpaired) electrons. The minimum Gasteiger partial charge on any atom is -0.405 e. The van der Waals surface area contributed by atoms with Gasteiger partial charge >= 0.3 is 6.03 Å². The van der Waals surface area contributed by atoms with Crippen molar-refractivity contribution in [2.45, 2.75) is 18.9 Å². The SMILES string of the molecule is NC=CC=CC=NC(=O)N1CCC(O)CC1. The lowest BCUT2D eigenvalue weighted by Crippen LogP contribution is -2.38. The number of piperidine rings is 1. The third-order valence-corrected chi connectivity index (χ3v) is 2.34. The Balaban J connectivity index is 2.34. The molecular formula is C11H17N3O2. The van der Waals surface area contributed by atoms with Crippen molar-refractivity contribution < 1.29 is 9.90 Å². The number of allylic oxidation sites excluding steroid dienone is 3. The summed E-state index contributed by atoms with van der Waals surface area (Å²) in [5.41, 5.74) is 5.13. The normalized spacial score (nSPS) is 19.2. The van der Waals surface area contributed by atoms with E-state index < -0.39 is 0 Å². The van der Waals surface area contributed by atoms with Gasteiger partial charge in [0.05, 0.1) is 6.10 Å². The van der Waals surface area contributed by atoms with Crippen molar-refractivity contribution in [3.63, 3.8) is 0 Å². The summed E-state index contributed by atoms with van der Waals surface area (Å²) in [4.78, 5) is 16.9. The van der Waals surface area contributed by atoms with Crippen molar-refractivity contribution in [2.24, 2.45) is 10.7 Å². The highest BCUT2D eigenvalue weighted by Gasteiger charge is 2.20. The minimum absolute atomic E-state index is 0.256. The fraction of sp³-hybridized carbons (Fsp3) is 0.455. The molecule has 0 aromatic heterocycles. The summed E-state index contributed by atoms with van der Waals surface area (Å²) in [5.74, 6) is 0. The summed E-state index contributed by atoms with van der Waals surface area (Å²) in [6.45, 7) is 1.15. The van der Waals surface area contributed by atoms with Crippen LogP contribution in [0.5, 0.6) is 0 Å². The van der Waals surface area contributed by atoms with E-state index in [4.69, 9.17) is 5.73 Å². The number of hydrogen-bond acceptors (Lipinski definition) is 3. The Bertz CT molecular complexity index is 302. The molecule has 2 amide bonds. The maximum absolute atomic E-state index is 11.5. The molecule has 16 heavy (non-hydrogen) atoms. The first-order valence-corrected chi connectivity index (χ1v) is 5.28. The number of nitrogens with zero attached hydrogens (tertiary/aromatic N) is 2. The molecule has 0 aromatic rings. The molecule has 1 heterocycles. The molecule has 1 aliphatic heterocycles. The van der Waals surface area contributed by atoms with Crippen LogP contribution in [0, 0.1) is 0 Å². The van der Waals surface area contributed by atoms with Crippen LogP contribution < -0.4 is 5.73 Å². The topological polar surface area (TPSA) is 78.9 Å². The van der Waals surface area contributed by atoms with Crippen molar-refractivity contribution in [3.8, 4) is 0 Å². The molecular weight excluding hydrogens is 206 g/mol. The zero-order valence-electron chi connectivity index (χ0n) is 9.12. The summed E-state index contributed by atoms with van der Waals surface area (Å²) < 4.78 is 0. The van der Waals surface area contributed by atoms with E-state index in [-0.39, 0.29) is 12.1 Å². The van der Waals surface area contributed by atoms with Crippen molar-refractivity contribution in [2.75, 3.05) is 13.1 Å². The van der Waals surface area contributed by atoms with Crippen LogP contribution in [0.3, 0.4) is 0 Å². The Kier molecular flexibility index (Phi) is 5.28. The zero-order valence-corrected chi connectivity index (χ0v) is 9.12. The van der Waals surface area contributed by atoms with Gasteiger partial charge in [-0.1, -0.05) is 6.08 Å². The summed E-state index contributed by atoms with van der Waals surface area (Å²) >= 11 is 0. The monoisotopic (exact) mass is 223 g/mol. The van der Waals surface area contributed by atoms with E-state index in [1.165, 1.54) is 12.4 Å². The molecule has 5 heteroatoms. The maximum atomic E-state index is 11.5. The molecule has 0 unspecified atom stereocenters. The first-order chi connectivity index (χ1) is 7.74. The molecule has 5 nitrogen and oxygen atoms in total. The number of aliphatic imine (C=N–C) groups is 1. The van der Waals surface area contributed by atoms with Gasteiger partial charge in [0.15, 0.2) is 0 Å². The fourth-order valence-electron chi connectivity index (χ4n) is 1.42. The van der Waals surface area contributed by atoms with Gasteiger partial charge in [-0.3, -0.25) is 0 Å². The number of likely N-dealkylation sites (tertiary alicyclic amines) is 1. The van der Waals surface area contributed by atoms with E-state index in [0.29, 0.717) is 25.9 Å². The molecule has 3 N–H and O–H groups in total. The zero-order chi connectivity index (χ0) is 11.8. The van der Waals surface area contributed by atoms with Gasteiger partial charge in [-0.2, -0.15) is 0 Å². The highest BCUT2D eigenvalue weighted by molar-refractivity contribution is 5.87. The van der Waals surface area contributed by atoms with Gasteiger partial charge in [0.1, 0.15) is 0 Å². The quantitative estimate of drug-likeness (QED) is 0.533. The Morgan fingerprint density at radius 1 is 1.31 bits per heavy atom. The largest absolute Gasteiger partial charge is 0.405 e. The maximum Gasteiger partial charge on any atom is 0.343 e. The van der Waals surface area contributed by atoms with Crippen LogP contribution in [0.1, 0.15) is 12.8 Å². The highest BCUT2D eigenvalue weighted by Crippen LogP contribution is 2.10. The van der Waals surface area contributed by atoms with E-state index >= 15 is 0 Å². The second-order valence-corrected chi connectivity index (χ2v) is 3.55. The van der Waals surface area contributed by atoms with Crippen LogP contribution in [0.25, 0.3) is 0 Å². The standard InChI is InChI=1S/C11H17N3O2/c12-6-2-1-3-7-13-11(16)14-8-4-10(15)5-9-14/h1-3,6-7,10,15H,4-5,8-9,12H2. The molecule has 0 spiro atoms. The molecule has 0 atom stereocenters. The fourth-order valence-corrected chi connectivity index (χ4v) is 1.42. The Labute approximate surface area is 95.0 Å². The van der Waals surface area contributed by atoms with E-state index in [1.54, 1.807) is 23.1 Å². The predicted molar refractivity (Wildman–Crippen MR) is 63.2 cm³/mol. The highest BCUT2D eigenvalue weighted by atomic mass is 16.3. The minimum atomic E-state index is -0.275. The summed E-state index contributed by atoms with van der Waals surface area (Å²) in [7, 11) is 0. The van der Waals surface area contributed by atoms with Crippen molar-refractivity contribution in [3.05, 3.63) is 24.4 Å². The number of amides is 2. The van der Waals surface area contributed by atoms with Crippen LogP contribution in [0.4, 0.5) is 4.79 Å². The van der Waals surface area contributed by atoms with Crippen molar-refractivity contribution >= 4 is 12.2 Å². The van der Waals surface area contributed by atoms with Crippen LogP contribution in [-0.2, 0) is 0 Å². The van der Waals surface area contributed by atoms with Gasteiger partial charge in [-0.05, 0) is 31.2 Å². The summed E-state index contributed by atoms with van der Waals surface area (Å²) in [5, 5.41) is 9.27. The van der Waals surface area contributed by atoms with Gasteiger partial charge < -0.3 is 15.7 Å². The first-order valence-electron chi connectivity index (χ1n) is 5.28. The van der Waals surface area contributed by atoms with E-state index in [0.717, 1.165) is 0 Å². The number of aliphatic hydroxyl groups excluding tert-OH is 1. The van der Waals surface area contributed by atoms with Gasteiger partial charge in [0, 0.05) is 19.3 Å². The van der Waals surface area contributed by atoms with Gasteiger partial charge in [0.25, 0.3) is 0 Å². The van der Waals surface area contributed by atoms with E-state index in [2.05, 4.69) is 4.99 Å². The van der Waals surface area contributed by atoms with Crippen LogP contribution in [-0.4, -0.2) is 41.4 Å². The molecule has 1 aliphatic rings. The average molecular weight is 223 g/mol. The Hall–Kier alpha value is -1.62. The van der Waals surface area contributed by atoms with Crippen LogP contribution in [0.2, 0.25) is 0 Å². The Morgan fingerprint density at radius 3 is 2.62 bits per heavy atom. The lowest BCUT2D eigenvalue weighted by atomic mass is 10.1. The predicted octanol–water partition coefficient (Wildman–Crippen LogP) is 0.663. The number of carbonyl (C=O) groups is 1. The van der Waals surface area contributed by atoms with Crippen LogP contribution in [0.15, 0.2) is 29.4 Å². The summed E-state index contributed by atoms with van der Waals surface area (Å²) in [6, 6.07) is -0.256. The second kappa shape index (κ2) is 6.79. The number of urea groups is 1. The van der Waals surface area contributed by atoms with E-state index in [9.17, 15) is 9.90 Å². The molecule has 1 rings (SSSR count). The molecule has 0 bridgehead atoms. The molecule has 88 valence electrons. The first kappa shape index (κ1) is 12.4. The number of nitrogens with two attached hydrogens (primary N) is 1. The number of hydrogen-bond donors (Lipinski definition) is 2. The molecule has 0 aromatic carbocycles. The molecule has 1 fully saturated rings. The lowest BCUT2D eigenvalue weighted by Gasteiger charge is -2.27. The van der Waals surface area contributed by atoms with Crippen molar-refractivity contribution in [1.29, 1.82) is 0 Å². The van der Waals surface area contributed by atoms with Crippen LogP contribution >= 0.6 is 0 Å². The third-order valence-electron chi connectivity index (χ3n) is 2.34. The number of rotatable bonds is 2. The van der Waals surface area contributed by atoms with Crippen molar-refractivity contribution in [1.82, 2.24) is 4.90 Å². The third kappa shape index (κ3) is 4.27. The molecule has 1 saturated heterocycles. The van der Waals surface area contributed by atoms with E-state index in [1.807, 2.05) is 0 Å². The second-order valence-electron chi connectivity index (χ2n) is 3.55. The molecule has 0 saturated carbocycles. The number of aliphatic hydroxyl groups is 1. The Morgan fingerprint density at radius 2 is 2.00 bits per heavy atom. The van der Waals surface area contributed by atoms with Gasteiger partial charge in [-0.15, -0.1) is 0 Å². The lowest BCUT2D eigenvalue weighted by molar-refractivity contribution is 0.0963.